The molecule has 1 aromatic rings. The van der Waals surface area contributed by atoms with Crippen LogP contribution < -0.4 is 10.1 Å². The maximum atomic E-state index is 12.1. The highest BCUT2D eigenvalue weighted by atomic mass is 16.5. The normalized spacial score (nSPS) is 26.8. The van der Waals surface area contributed by atoms with Crippen molar-refractivity contribution >= 4 is 17.6 Å². The van der Waals surface area contributed by atoms with Crippen LogP contribution in [-0.4, -0.2) is 24.1 Å². The van der Waals surface area contributed by atoms with E-state index in [1.165, 1.54) is 19.6 Å². The van der Waals surface area contributed by atoms with Crippen molar-refractivity contribution in [2.24, 2.45) is 17.8 Å². The fourth-order valence-corrected chi connectivity index (χ4v) is 3.12. The Bertz CT molecular complexity index is 559. The van der Waals surface area contributed by atoms with E-state index in [0.717, 1.165) is 24.7 Å². The van der Waals surface area contributed by atoms with Crippen molar-refractivity contribution in [3.63, 3.8) is 0 Å². The van der Waals surface area contributed by atoms with E-state index in [-0.39, 0.29) is 23.1 Å². The minimum absolute atomic E-state index is 0.0299. The van der Waals surface area contributed by atoms with Gasteiger partial charge >= 0.3 is 5.97 Å². The van der Waals surface area contributed by atoms with Crippen LogP contribution in [0.25, 0.3) is 0 Å². The summed E-state index contributed by atoms with van der Waals surface area (Å²) in [6.07, 6.45) is 3.26. The molecule has 2 aliphatic rings. The summed E-state index contributed by atoms with van der Waals surface area (Å²) < 4.78 is 5.05. The van der Waals surface area contributed by atoms with Gasteiger partial charge in [-0.25, -0.2) is 4.79 Å². The minimum Gasteiger partial charge on any atom is -0.496 e. The molecule has 0 aliphatic heterocycles. The van der Waals surface area contributed by atoms with Gasteiger partial charge in [0.25, 0.3) is 0 Å². The van der Waals surface area contributed by atoms with Gasteiger partial charge in [0.2, 0.25) is 5.91 Å². The van der Waals surface area contributed by atoms with E-state index in [9.17, 15) is 9.59 Å². The lowest BCUT2D eigenvalue weighted by molar-refractivity contribution is -0.120. The fourth-order valence-electron chi connectivity index (χ4n) is 3.12. The molecule has 1 aromatic carbocycles. The van der Waals surface area contributed by atoms with Gasteiger partial charge in [0.1, 0.15) is 11.3 Å². The highest BCUT2D eigenvalue weighted by Gasteiger charge is 2.47. The molecule has 2 saturated carbocycles. The van der Waals surface area contributed by atoms with E-state index in [0.29, 0.717) is 5.69 Å². The zero-order chi connectivity index (χ0) is 14.3. The number of ether oxygens (including phenoxy) is 1. The minimum atomic E-state index is -1.05. The van der Waals surface area contributed by atoms with Gasteiger partial charge in [-0.05, 0) is 43.2 Å². The van der Waals surface area contributed by atoms with Gasteiger partial charge in [0.15, 0.2) is 0 Å². The number of aromatic carboxylic acids is 1. The van der Waals surface area contributed by atoms with Crippen LogP contribution in [0.5, 0.6) is 5.75 Å². The van der Waals surface area contributed by atoms with Crippen molar-refractivity contribution in [3.05, 3.63) is 23.8 Å². The Morgan fingerprint density at radius 1 is 1.25 bits per heavy atom. The SMILES string of the molecule is COc1cc(NC(=O)C2CC3CC3C2)ccc1C(=O)O. The predicted molar refractivity (Wildman–Crippen MR) is 72.9 cm³/mol. The number of carbonyl (C=O) groups excluding carboxylic acids is 1. The second-order valence-corrected chi connectivity index (χ2v) is 5.63. The third kappa shape index (κ3) is 2.35. The first-order valence-electron chi connectivity index (χ1n) is 6.80. The van der Waals surface area contributed by atoms with Crippen LogP contribution in [-0.2, 0) is 4.79 Å². The number of amides is 1. The lowest BCUT2D eigenvalue weighted by Gasteiger charge is -2.13. The molecule has 0 radical (unpaired) electrons. The summed E-state index contributed by atoms with van der Waals surface area (Å²) >= 11 is 0. The number of benzene rings is 1. The van der Waals surface area contributed by atoms with Crippen molar-refractivity contribution in [2.45, 2.75) is 19.3 Å². The van der Waals surface area contributed by atoms with Crippen LogP contribution in [0.4, 0.5) is 5.69 Å². The van der Waals surface area contributed by atoms with E-state index in [2.05, 4.69) is 5.32 Å². The zero-order valence-corrected chi connectivity index (χ0v) is 11.3. The number of rotatable bonds is 4. The molecule has 3 rings (SSSR count). The zero-order valence-electron chi connectivity index (χ0n) is 11.3. The number of carbonyl (C=O) groups is 2. The summed E-state index contributed by atoms with van der Waals surface area (Å²) in [5.74, 6) is 0.857. The maximum Gasteiger partial charge on any atom is 0.339 e. The van der Waals surface area contributed by atoms with Crippen molar-refractivity contribution in [1.82, 2.24) is 0 Å². The molecular weight excluding hydrogens is 258 g/mol. The second-order valence-electron chi connectivity index (χ2n) is 5.63. The molecule has 2 N–H and O–H groups in total. The quantitative estimate of drug-likeness (QED) is 0.884. The Hall–Kier alpha value is -2.04. The molecule has 0 aromatic heterocycles. The summed E-state index contributed by atoms with van der Waals surface area (Å²) in [4.78, 5) is 23.1. The van der Waals surface area contributed by atoms with Crippen molar-refractivity contribution in [1.29, 1.82) is 0 Å². The Morgan fingerprint density at radius 3 is 2.55 bits per heavy atom. The van der Waals surface area contributed by atoms with Crippen molar-refractivity contribution < 1.29 is 19.4 Å². The molecule has 2 atom stereocenters. The molecule has 0 spiro atoms. The average molecular weight is 275 g/mol. The Balaban J connectivity index is 1.70. The molecule has 5 heteroatoms. The standard InChI is InChI=1S/C15H17NO4/c1-20-13-7-11(2-3-12(13)15(18)19)16-14(17)10-5-8-4-9(8)6-10/h2-3,7-10H,4-6H2,1H3,(H,16,17)(H,18,19). The molecule has 0 heterocycles. The largest absolute Gasteiger partial charge is 0.496 e. The summed E-state index contributed by atoms with van der Waals surface area (Å²) in [5.41, 5.74) is 0.671. The van der Waals surface area contributed by atoms with Crippen molar-refractivity contribution in [3.8, 4) is 5.75 Å². The summed E-state index contributed by atoms with van der Waals surface area (Å²) in [6.45, 7) is 0. The monoisotopic (exact) mass is 275 g/mol. The number of carboxylic acids is 1. The van der Waals surface area contributed by atoms with Gasteiger partial charge in [-0.2, -0.15) is 0 Å². The Morgan fingerprint density at radius 2 is 1.95 bits per heavy atom. The molecule has 20 heavy (non-hydrogen) atoms. The molecule has 2 unspecified atom stereocenters. The van der Waals surface area contributed by atoms with Gasteiger partial charge in [-0.1, -0.05) is 0 Å². The Labute approximate surface area is 116 Å². The highest BCUT2D eigenvalue weighted by molar-refractivity contribution is 5.95. The average Bonchev–Trinajstić information content (AvgIpc) is 3.04. The van der Waals surface area contributed by atoms with Crippen LogP contribution in [0.2, 0.25) is 0 Å². The molecule has 106 valence electrons. The first kappa shape index (κ1) is 13.0. The third-order valence-electron chi connectivity index (χ3n) is 4.31. The topological polar surface area (TPSA) is 75.6 Å². The number of fused-ring (bicyclic) bond motifs is 1. The number of anilines is 1. The van der Waals surface area contributed by atoms with Crippen LogP contribution in [0.15, 0.2) is 18.2 Å². The smallest absolute Gasteiger partial charge is 0.339 e. The van der Waals surface area contributed by atoms with Crippen LogP contribution in [0, 0.1) is 17.8 Å². The lowest BCUT2D eigenvalue weighted by Crippen LogP contribution is -2.21. The summed E-state index contributed by atoms with van der Waals surface area (Å²) in [7, 11) is 1.41. The highest BCUT2D eigenvalue weighted by Crippen LogP contribution is 2.54. The van der Waals surface area contributed by atoms with E-state index in [1.54, 1.807) is 12.1 Å². The van der Waals surface area contributed by atoms with E-state index >= 15 is 0 Å². The van der Waals surface area contributed by atoms with E-state index < -0.39 is 5.97 Å². The molecular formula is C15H17NO4. The van der Waals surface area contributed by atoms with Gasteiger partial charge in [0.05, 0.1) is 7.11 Å². The third-order valence-corrected chi connectivity index (χ3v) is 4.31. The molecule has 0 bridgehead atoms. The van der Waals surface area contributed by atoms with Gasteiger partial charge in [-0.15, -0.1) is 0 Å². The van der Waals surface area contributed by atoms with Crippen LogP contribution >= 0.6 is 0 Å². The fraction of sp³-hybridized carbons (Fsp3) is 0.467. The molecule has 5 nitrogen and oxygen atoms in total. The first-order chi connectivity index (χ1) is 9.58. The number of hydrogen-bond acceptors (Lipinski definition) is 3. The number of hydrogen-bond donors (Lipinski definition) is 2. The number of carboxylic acid groups (broad SMARTS) is 1. The predicted octanol–water partition coefficient (Wildman–Crippen LogP) is 2.38. The number of methoxy groups -OCH3 is 1. The van der Waals surface area contributed by atoms with Crippen LogP contribution in [0.3, 0.4) is 0 Å². The van der Waals surface area contributed by atoms with E-state index in [1.807, 2.05) is 0 Å². The number of nitrogens with one attached hydrogen (secondary N) is 1. The van der Waals surface area contributed by atoms with Gasteiger partial charge in [0, 0.05) is 17.7 Å². The molecule has 2 fully saturated rings. The molecule has 1 amide bonds. The van der Waals surface area contributed by atoms with Gasteiger partial charge < -0.3 is 15.2 Å². The van der Waals surface area contributed by atoms with Crippen LogP contribution in [0.1, 0.15) is 29.6 Å². The van der Waals surface area contributed by atoms with E-state index in [4.69, 9.17) is 9.84 Å². The first-order valence-corrected chi connectivity index (χ1v) is 6.80. The Kier molecular flexibility index (Phi) is 3.12. The van der Waals surface area contributed by atoms with Crippen molar-refractivity contribution in [2.75, 3.05) is 12.4 Å². The van der Waals surface area contributed by atoms with Gasteiger partial charge in [-0.3, -0.25) is 4.79 Å². The lowest BCUT2D eigenvalue weighted by atomic mass is 10.0. The summed E-state index contributed by atoms with van der Waals surface area (Å²) in [5, 5.41) is 11.9. The maximum absolute atomic E-state index is 12.1. The second kappa shape index (κ2) is 4.81. The summed E-state index contributed by atoms with van der Waals surface area (Å²) in [6, 6.07) is 4.60. The molecule has 0 saturated heterocycles. The molecule has 2 aliphatic carbocycles.